The molecule has 2 aliphatic heterocycles. The lowest BCUT2D eigenvalue weighted by Gasteiger charge is -2.34. The molecule has 0 bridgehead atoms. The van der Waals surface area contributed by atoms with Crippen LogP contribution in [0.15, 0.2) is 54.6 Å². The first-order valence-corrected chi connectivity index (χ1v) is 12.5. The van der Waals surface area contributed by atoms with Gasteiger partial charge >= 0.3 is 6.03 Å². The first-order valence-electron chi connectivity index (χ1n) is 12.5. The number of likely N-dealkylation sites (tertiary alicyclic amines) is 2. The smallest absolute Gasteiger partial charge is 0.319 e. The third-order valence-corrected chi connectivity index (χ3v) is 6.96. The minimum absolute atomic E-state index is 0.141. The summed E-state index contributed by atoms with van der Waals surface area (Å²) >= 11 is 0. The van der Waals surface area contributed by atoms with Gasteiger partial charge in [0.25, 0.3) is 0 Å². The molecule has 0 spiro atoms. The van der Waals surface area contributed by atoms with Crippen LogP contribution in [-0.2, 0) is 4.74 Å². The number of methoxy groups -OCH3 is 1. The van der Waals surface area contributed by atoms with Crippen molar-refractivity contribution in [2.75, 3.05) is 51.8 Å². The van der Waals surface area contributed by atoms with Crippen molar-refractivity contribution in [2.45, 2.75) is 43.9 Å². The van der Waals surface area contributed by atoms with Gasteiger partial charge in [0.1, 0.15) is 0 Å². The number of aliphatic hydroxyl groups excluding tert-OH is 1. The van der Waals surface area contributed by atoms with Gasteiger partial charge in [-0.2, -0.15) is 0 Å². The van der Waals surface area contributed by atoms with E-state index in [1.54, 1.807) is 7.11 Å². The van der Waals surface area contributed by atoms with Gasteiger partial charge in [-0.25, -0.2) is 4.79 Å². The predicted molar refractivity (Wildman–Crippen MR) is 136 cm³/mol. The molecule has 2 aromatic rings. The fourth-order valence-corrected chi connectivity index (χ4v) is 5.21. The Hall–Kier alpha value is -2.45. The number of piperidine rings is 1. The highest BCUT2D eigenvalue weighted by Crippen LogP contribution is 2.27. The number of hydrogen-bond donors (Lipinski definition) is 3. The second kappa shape index (κ2) is 12.3. The molecule has 2 heterocycles. The van der Waals surface area contributed by atoms with Crippen molar-refractivity contribution in [1.82, 2.24) is 15.1 Å². The number of nitrogens with zero attached hydrogens (tertiary/aromatic N) is 2. The van der Waals surface area contributed by atoms with E-state index in [-0.39, 0.29) is 18.2 Å². The number of nitrogens with one attached hydrogen (secondary N) is 2. The Morgan fingerprint density at radius 1 is 1.03 bits per heavy atom. The highest BCUT2D eigenvalue weighted by molar-refractivity contribution is 5.94. The molecule has 2 amide bonds. The molecule has 1 unspecified atom stereocenters. The van der Waals surface area contributed by atoms with E-state index in [1.807, 2.05) is 54.6 Å². The molecule has 2 aliphatic rings. The van der Waals surface area contributed by atoms with E-state index in [0.29, 0.717) is 19.1 Å². The van der Waals surface area contributed by atoms with Crippen molar-refractivity contribution in [3.63, 3.8) is 0 Å². The Bertz CT molecular complexity index is 902. The van der Waals surface area contributed by atoms with E-state index < -0.39 is 0 Å². The monoisotopic (exact) mass is 466 g/mol. The second-order valence-electron chi connectivity index (χ2n) is 9.49. The summed E-state index contributed by atoms with van der Waals surface area (Å²) in [4.78, 5) is 17.4. The van der Waals surface area contributed by atoms with E-state index in [1.165, 1.54) is 6.42 Å². The quantitative estimate of drug-likeness (QED) is 0.528. The highest BCUT2D eigenvalue weighted by atomic mass is 16.5. The Balaban J connectivity index is 1.21. The molecule has 2 aromatic carbocycles. The maximum absolute atomic E-state index is 12.7. The summed E-state index contributed by atoms with van der Waals surface area (Å²) in [5.74, 6) is 0. The Kier molecular flexibility index (Phi) is 8.93. The van der Waals surface area contributed by atoms with Gasteiger partial charge in [-0.05, 0) is 43.9 Å². The molecule has 2 fully saturated rings. The van der Waals surface area contributed by atoms with E-state index in [2.05, 4.69) is 20.4 Å². The fraction of sp³-hybridized carbons (Fsp3) is 0.519. The van der Waals surface area contributed by atoms with Gasteiger partial charge in [0, 0.05) is 50.9 Å². The van der Waals surface area contributed by atoms with Gasteiger partial charge in [0.15, 0.2) is 0 Å². The van der Waals surface area contributed by atoms with Crippen LogP contribution in [0.4, 0.5) is 10.5 Å². The lowest BCUT2D eigenvalue weighted by molar-refractivity contribution is 0.0441. The zero-order valence-electron chi connectivity index (χ0n) is 20.2. The SMILES string of the molecule is COC[C@@H]1CCCN1CC(O)CN1CCC(NC(=O)Nc2ccccc2-c2ccccc2)CC1. The van der Waals surface area contributed by atoms with Crippen LogP contribution < -0.4 is 10.6 Å². The third-order valence-electron chi connectivity index (χ3n) is 6.96. The van der Waals surface area contributed by atoms with Gasteiger partial charge < -0.3 is 25.4 Å². The van der Waals surface area contributed by atoms with Gasteiger partial charge in [-0.15, -0.1) is 0 Å². The van der Waals surface area contributed by atoms with Crippen molar-refractivity contribution in [3.8, 4) is 11.1 Å². The van der Waals surface area contributed by atoms with Crippen LogP contribution in [0.3, 0.4) is 0 Å². The number of para-hydroxylation sites is 1. The zero-order chi connectivity index (χ0) is 23.8. The Morgan fingerprint density at radius 3 is 2.53 bits per heavy atom. The molecule has 0 aromatic heterocycles. The molecule has 0 radical (unpaired) electrons. The number of benzene rings is 2. The third kappa shape index (κ3) is 6.79. The number of amides is 2. The molecule has 2 atom stereocenters. The van der Waals surface area contributed by atoms with Gasteiger partial charge in [0.2, 0.25) is 0 Å². The number of carbonyl (C=O) groups is 1. The van der Waals surface area contributed by atoms with Gasteiger partial charge in [-0.1, -0.05) is 48.5 Å². The lowest BCUT2D eigenvalue weighted by Crippen LogP contribution is -2.49. The largest absolute Gasteiger partial charge is 0.390 e. The summed E-state index contributed by atoms with van der Waals surface area (Å²) in [6.45, 7) is 4.92. The molecule has 34 heavy (non-hydrogen) atoms. The second-order valence-corrected chi connectivity index (χ2v) is 9.49. The summed E-state index contributed by atoms with van der Waals surface area (Å²) in [7, 11) is 1.74. The normalized spacial score (nSPS) is 20.8. The summed E-state index contributed by atoms with van der Waals surface area (Å²) in [6.07, 6.45) is 3.73. The van der Waals surface area contributed by atoms with Crippen LogP contribution in [-0.4, -0.2) is 85.6 Å². The van der Waals surface area contributed by atoms with Crippen LogP contribution in [0, 0.1) is 0 Å². The number of β-amino-alcohol motifs (C(OH)–C–C–N with tert-alkyl or cyclic N) is 1. The standard InChI is InChI=1S/C27H38N4O3/c1-34-20-23-10-7-15-31(23)19-24(32)18-30-16-13-22(14-17-30)28-27(33)29-26-12-6-5-11-25(26)21-8-3-2-4-9-21/h2-6,8-9,11-12,22-24,32H,7,10,13-20H2,1H3,(H2,28,29,33)/t23-,24?/m0/s1. The average Bonchev–Trinajstić information content (AvgIpc) is 3.28. The molecular formula is C27H38N4O3. The number of anilines is 1. The van der Waals surface area contributed by atoms with Crippen LogP contribution in [0.25, 0.3) is 11.1 Å². The Morgan fingerprint density at radius 2 is 1.76 bits per heavy atom. The van der Waals surface area contributed by atoms with Gasteiger partial charge in [0.05, 0.1) is 18.4 Å². The molecule has 0 aliphatic carbocycles. The average molecular weight is 467 g/mol. The lowest BCUT2D eigenvalue weighted by atomic mass is 10.0. The Labute approximate surface area is 203 Å². The number of carbonyl (C=O) groups excluding carboxylic acids is 1. The van der Waals surface area contributed by atoms with Crippen molar-refractivity contribution < 1.29 is 14.6 Å². The molecular weight excluding hydrogens is 428 g/mol. The first-order chi connectivity index (χ1) is 16.6. The van der Waals surface area contributed by atoms with Gasteiger partial charge in [-0.3, -0.25) is 4.90 Å². The molecule has 7 nitrogen and oxygen atoms in total. The van der Waals surface area contributed by atoms with E-state index in [4.69, 9.17) is 4.74 Å². The maximum atomic E-state index is 12.7. The summed E-state index contributed by atoms with van der Waals surface area (Å²) in [5.41, 5.74) is 2.89. The topological polar surface area (TPSA) is 77.1 Å². The number of hydrogen-bond acceptors (Lipinski definition) is 5. The number of ether oxygens (including phenoxy) is 1. The zero-order valence-corrected chi connectivity index (χ0v) is 20.2. The number of rotatable bonds is 9. The van der Waals surface area contributed by atoms with Crippen molar-refractivity contribution >= 4 is 11.7 Å². The molecule has 184 valence electrons. The van der Waals surface area contributed by atoms with Crippen molar-refractivity contribution in [1.29, 1.82) is 0 Å². The predicted octanol–water partition coefficient (Wildman–Crippen LogP) is 3.41. The molecule has 4 rings (SSSR count). The van der Waals surface area contributed by atoms with E-state index in [0.717, 1.165) is 62.3 Å². The molecule has 2 saturated heterocycles. The summed E-state index contributed by atoms with van der Waals surface area (Å²) in [5, 5.41) is 16.8. The fourth-order valence-electron chi connectivity index (χ4n) is 5.21. The maximum Gasteiger partial charge on any atom is 0.319 e. The molecule has 7 heteroatoms. The van der Waals surface area contributed by atoms with E-state index >= 15 is 0 Å². The summed E-state index contributed by atoms with van der Waals surface area (Å²) in [6, 6.07) is 18.4. The highest BCUT2D eigenvalue weighted by Gasteiger charge is 2.28. The van der Waals surface area contributed by atoms with Crippen LogP contribution in [0.5, 0.6) is 0 Å². The van der Waals surface area contributed by atoms with Crippen LogP contribution in [0.1, 0.15) is 25.7 Å². The number of aliphatic hydroxyl groups is 1. The minimum Gasteiger partial charge on any atom is -0.390 e. The summed E-state index contributed by atoms with van der Waals surface area (Å²) < 4.78 is 5.32. The van der Waals surface area contributed by atoms with Crippen molar-refractivity contribution in [3.05, 3.63) is 54.6 Å². The number of urea groups is 1. The van der Waals surface area contributed by atoms with Crippen LogP contribution in [0.2, 0.25) is 0 Å². The minimum atomic E-state index is -0.361. The van der Waals surface area contributed by atoms with E-state index in [9.17, 15) is 9.90 Å². The molecule has 3 N–H and O–H groups in total. The molecule has 0 saturated carbocycles. The van der Waals surface area contributed by atoms with Crippen molar-refractivity contribution in [2.24, 2.45) is 0 Å². The van der Waals surface area contributed by atoms with Crippen LogP contribution >= 0.6 is 0 Å². The first kappa shape index (κ1) is 24.7.